The van der Waals surface area contributed by atoms with Crippen LogP contribution in [0.4, 0.5) is 0 Å². The number of likely N-dealkylation sites (tertiary alicyclic amines) is 1. The van der Waals surface area contributed by atoms with Gasteiger partial charge in [0.25, 0.3) is 0 Å². The van der Waals surface area contributed by atoms with Crippen LogP contribution in [0.2, 0.25) is 0 Å². The maximum Gasteiger partial charge on any atom is 0.227 e. The lowest BCUT2D eigenvalue weighted by molar-refractivity contribution is -0.138. The van der Waals surface area contributed by atoms with E-state index in [1.807, 2.05) is 11.9 Å². The lowest BCUT2D eigenvalue weighted by Crippen LogP contribution is -2.48. The van der Waals surface area contributed by atoms with E-state index in [-0.39, 0.29) is 30.1 Å². The molecular formula is C12H22ClN3O2. The van der Waals surface area contributed by atoms with Crippen LogP contribution in [0.25, 0.3) is 0 Å². The molecule has 2 amide bonds. The van der Waals surface area contributed by atoms with Crippen LogP contribution in [0.1, 0.15) is 25.7 Å². The van der Waals surface area contributed by atoms with Gasteiger partial charge in [-0.3, -0.25) is 9.59 Å². The monoisotopic (exact) mass is 275 g/mol. The van der Waals surface area contributed by atoms with Crippen LogP contribution < -0.4 is 10.6 Å². The summed E-state index contributed by atoms with van der Waals surface area (Å²) in [7, 11) is 1.92. The minimum Gasteiger partial charge on any atom is -0.355 e. The number of rotatable bonds is 3. The molecule has 0 bridgehead atoms. The minimum absolute atomic E-state index is 0. The average Bonchev–Trinajstić information content (AvgIpc) is 2.78. The molecule has 2 saturated heterocycles. The Morgan fingerprint density at radius 2 is 2.28 bits per heavy atom. The molecule has 0 radical (unpaired) electrons. The van der Waals surface area contributed by atoms with Crippen LogP contribution >= 0.6 is 12.4 Å². The van der Waals surface area contributed by atoms with Crippen LogP contribution in [0.15, 0.2) is 0 Å². The predicted molar refractivity (Wildman–Crippen MR) is 71.6 cm³/mol. The lowest BCUT2D eigenvalue weighted by atomic mass is 9.97. The molecule has 0 spiro atoms. The highest BCUT2D eigenvalue weighted by atomic mass is 35.5. The first-order valence-electron chi connectivity index (χ1n) is 6.44. The van der Waals surface area contributed by atoms with E-state index in [1.165, 1.54) is 0 Å². The summed E-state index contributed by atoms with van der Waals surface area (Å²) in [6.07, 6.45) is 3.37. The van der Waals surface area contributed by atoms with Crippen molar-refractivity contribution in [3.8, 4) is 0 Å². The molecule has 6 heteroatoms. The fraction of sp³-hybridized carbons (Fsp3) is 0.833. The molecule has 2 rings (SSSR count). The molecule has 2 aliphatic heterocycles. The Kier molecular flexibility index (Phi) is 5.88. The molecule has 0 saturated carbocycles. The zero-order valence-electron chi connectivity index (χ0n) is 10.8. The fourth-order valence-electron chi connectivity index (χ4n) is 2.75. The quantitative estimate of drug-likeness (QED) is 0.771. The van der Waals surface area contributed by atoms with E-state index in [9.17, 15) is 9.59 Å². The highest BCUT2D eigenvalue weighted by Gasteiger charge is 2.34. The molecule has 18 heavy (non-hydrogen) atoms. The minimum atomic E-state index is -0.00911. The van der Waals surface area contributed by atoms with Gasteiger partial charge in [-0.15, -0.1) is 12.4 Å². The molecule has 0 aromatic carbocycles. The zero-order valence-corrected chi connectivity index (χ0v) is 11.6. The lowest BCUT2D eigenvalue weighted by Gasteiger charge is -2.30. The summed E-state index contributed by atoms with van der Waals surface area (Å²) in [5.41, 5.74) is 0. The standard InChI is InChI=1S/C12H21N3O2.ClH/c1-13-8-10-3-2-6-15(10)12(17)9-4-5-11(16)14-7-9;/h9-10,13H,2-8H2,1H3,(H,14,16);1H. The van der Waals surface area contributed by atoms with E-state index in [2.05, 4.69) is 10.6 Å². The first kappa shape index (κ1) is 15.2. The number of carbonyl (C=O) groups excluding carboxylic acids is 2. The number of piperidine rings is 1. The van der Waals surface area contributed by atoms with Gasteiger partial charge in [0.05, 0.1) is 5.92 Å². The first-order chi connectivity index (χ1) is 8.22. The highest BCUT2D eigenvalue weighted by Crippen LogP contribution is 2.22. The van der Waals surface area contributed by atoms with Crippen molar-refractivity contribution in [2.45, 2.75) is 31.7 Å². The molecule has 2 N–H and O–H groups in total. The SMILES string of the molecule is CNCC1CCCN1C(=O)C1CCC(=O)NC1.Cl. The molecular weight excluding hydrogens is 254 g/mol. The number of halogens is 1. The average molecular weight is 276 g/mol. The maximum absolute atomic E-state index is 12.3. The van der Waals surface area contributed by atoms with Gasteiger partial charge in [-0.25, -0.2) is 0 Å². The molecule has 104 valence electrons. The highest BCUT2D eigenvalue weighted by molar-refractivity contribution is 5.85. The molecule has 0 aliphatic carbocycles. The molecule has 2 heterocycles. The molecule has 2 unspecified atom stereocenters. The van der Waals surface area contributed by atoms with E-state index < -0.39 is 0 Å². The summed E-state index contributed by atoms with van der Waals surface area (Å²) < 4.78 is 0. The normalized spacial score (nSPS) is 27.6. The van der Waals surface area contributed by atoms with Crippen LogP contribution in [0.5, 0.6) is 0 Å². The van der Waals surface area contributed by atoms with Crippen LogP contribution in [-0.2, 0) is 9.59 Å². The van der Waals surface area contributed by atoms with Gasteiger partial charge in [-0.1, -0.05) is 0 Å². The molecule has 2 atom stereocenters. The van der Waals surface area contributed by atoms with E-state index in [1.54, 1.807) is 0 Å². The van der Waals surface area contributed by atoms with Crippen molar-refractivity contribution < 1.29 is 9.59 Å². The number of nitrogens with one attached hydrogen (secondary N) is 2. The molecule has 2 fully saturated rings. The smallest absolute Gasteiger partial charge is 0.227 e. The van der Waals surface area contributed by atoms with Gasteiger partial charge in [-0.2, -0.15) is 0 Å². The van der Waals surface area contributed by atoms with Crippen LogP contribution in [0.3, 0.4) is 0 Å². The van der Waals surface area contributed by atoms with E-state index >= 15 is 0 Å². The van der Waals surface area contributed by atoms with Gasteiger partial charge in [0.2, 0.25) is 11.8 Å². The summed E-state index contributed by atoms with van der Waals surface area (Å²) in [6, 6.07) is 0.338. The third kappa shape index (κ3) is 3.36. The predicted octanol–water partition coefficient (Wildman–Crippen LogP) is 0.145. The van der Waals surface area contributed by atoms with Crippen molar-refractivity contribution in [1.29, 1.82) is 0 Å². The van der Waals surface area contributed by atoms with Crippen molar-refractivity contribution in [2.75, 3.05) is 26.7 Å². The number of carbonyl (C=O) groups is 2. The van der Waals surface area contributed by atoms with Gasteiger partial charge in [0.1, 0.15) is 0 Å². The van der Waals surface area contributed by atoms with Crippen LogP contribution in [-0.4, -0.2) is 49.4 Å². The summed E-state index contributed by atoms with van der Waals surface area (Å²) >= 11 is 0. The largest absolute Gasteiger partial charge is 0.355 e. The fourth-order valence-corrected chi connectivity index (χ4v) is 2.75. The Labute approximate surface area is 114 Å². The van der Waals surface area contributed by atoms with Crippen molar-refractivity contribution in [3.05, 3.63) is 0 Å². The summed E-state index contributed by atoms with van der Waals surface area (Å²) in [5, 5.41) is 5.92. The van der Waals surface area contributed by atoms with E-state index in [0.717, 1.165) is 25.9 Å². The first-order valence-corrected chi connectivity index (χ1v) is 6.44. The second kappa shape index (κ2) is 6.95. The molecule has 0 aromatic rings. The molecule has 0 aromatic heterocycles. The van der Waals surface area contributed by atoms with E-state index in [0.29, 0.717) is 25.4 Å². The number of hydrogen-bond donors (Lipinski definition) is 2. The Hall–Kier alpha value is -0.810. The summed E-state index contributed by atoms with van der Waals surface area (Å²) in [6.45, 7) is 2.25. The van der Waals surface area contributed by atoms with Gasteiger partial charge < -0.3 is 15.5 Å². The second-order valence-electron chi connectivity index (χ2n) is 4.93. The van der Waals surface area contributed by atoms with Crippen LogP contribution in [0, 0.1) is 5.92 Å². The van der Waals surface area contributed by atoms with E-state index in [4.69, 9.17) is 0 Å². The molecule has 5 nitrogen and oxygen atoms in total. The Bertz CT molecular complexity index is 302. The Morgan fingerprint density at radius 3 is 2.89 bits per heavy atom. The number of likely N-dealkylation sites (N-methyl/N-ethyl adjacent to an activating group) is 1. The number of hydrogen-bond acceptors (Lipinski definition) is 3. The second-order valence-corrected chi connectivity index (χ2v) is 4.93. The Balaban J connectivity index is 0.00000162. The van der Waals surface area contributed by atoms with Crippen molar-refractivity contribution in [2.24, 2.45) is 5.92 Å². The van der Waals surface area contributed by atoms with Gasteiger partial charge in [-0.05, 0) is 26.3 Å². The van der Waals surface area contributed by atoms with Crippen molar-refractivity contribution >= 4 is 24.2 Å². The topological polar surface area (TPSA) is 61.4 Å². The third-order valence-electron chi connectivity index (χ3n) is 3.71. The van der Waals surface area contributed by atoms with Gasteiger partial charge >= 0.3 is 0 Å². The van der Waals surface area contributed by atoms with Crippen molar-refractivity contribution in [1.82, 2.24) is 15.5 Å². The Morgan fingerprint density at radius 1 is 1.50 bits per heavy atom. The summed E-state index contributed by atoms with van der Waals surface area (Å²) in [5.74, 6) is 0.287. The maximum atomic E-state index is 12.3. The third-order valence-corrected chi connectivity index (χ3v) is 3.71. The van der Waals surface area contributed by atoms with Crippen molar-refractivity contribution in [3.63, 3.8) is 0 Å². The number of amides is 2. The van der Waals surface area contributed by atoms with Gasteiger partial charge in [0.15, 0.2) is 0 Å². The molecule has 2 aliphatic rings. The van der Waals surface area contributed by atoms with Gasteiger partial charge in [0, 0.05) is 32.1 Å². The number of nitrogens with zero attached hydrogens (tertiary/aromatic N) is 1. The summed E-state index contributed by atoms with van der Waals surface area (Å²) in [4.78, 5) is 25.4. The zero-order chi connectivity index (χ0) is 12.3.